The van der Waals surface area contributed by atoms with E-state index >= 15 is 0 Å². The lowest BCUT2D eigenvalue weighted by atomic mass is 10.1. The standard InChI is InChI=1S/C14H21F2N5/c15-11-8-12(16)14(18-13(11)19-17)21-7-4-10(9-21)20-5-2-1-3-6-20/h8,10H,1-7,9,17H2,(H,18,19). The third kappa shape index (κ3) is 2.94. The van der Waals surface area contributed by atoms with E-state index in [1.807, 2.05) is 4.90 Å². The van der Waals surface area contributed by atoms with Gasteiger partial charge >= 0.3 is 0 Å². The summed E-state index contributed by atoms with van der Waals surface area (Å²) in [5.74, 6) is 3.87. The topological polar surface area (TPSA) is 57.4 Å². The van der Waals surface area contributed by atoms with E-state index in [1.165, 1.54) is 19.3 Å². The Morgan fingerprint density at radius 3 is 2.62 bits per heavy atom. The second-order valence-corrected chi connectivity index (χ2v) is 5.75. The zero-order valence-electron chi connectivity index (χ0n) is 12.0. The van der Waals surface area contributed by atoms with Gasteiger partial charge in [0, 0.05) is 25.2 Å². The van der Waals surface area contributed by atoms with E-state index in [1.54, 1.807) is 0 Å². The van der Waals surface area contributed by atoms with Crippen molar-refractivity contribution in [2.45, 2.75) is 31.7 Å². The number of anilines is 2. The van der Waals surface area contributed by atoms with Crippen LogP contribution in [-0.2, 0) is 0 Å². The van der Waals surface area contributed by atoms with Gasteiger partial charge in [-0.25, -0.2) is 19.6 Å². The molecule has 0 saturated carbocycles. The molecule has 3 rings (SSSR count). The Bertz CT molecular complexity index is 504. The largest absolute Gasteiger partial charge is 0.352 e. The number of piperidine rings is 1. The summed E-state index contributed by atoms with van der Waals surface area (Å²) in [5, 5.41) is 0. The van der Waals surface area contributed by atoms with E-state index in [-0.39, 0.29) is 11.6 Å². The molecule has 2 aliphatic heterocycles. The minimum Gasteiger partial charge on any atom is -0.352 e. The Morgan fingerprint density at radius 2 is 1.90 bits per heavy atom. The number of hydrogen-bond donors (Lipinski definition) is 2. The van der Waals surface area contributed by atoms with Gasteiger partial charge in [0.15, 0.2) is 23.3 Å². The first-order valence-electron chi connectivity index (χ1n) is 7.50. The first-order valence-corrected chi connectivity index (χ1v) is 7.50. The molecular weight excluding hydrogens is 276 g/mol. The number of pyridine rings is 1. The number of nitrogens with one attached hydrogen (secondary N) is 1. The summed E-state index contributed by atoms with van der Waals surface area (Å²) in [7, 11) is 0. The van der Waals surface area contributed by atoms with E-state index in [2.05, 4.69) is 15.3 Å². The molecule has 2 fully saturated rings. The van der Waals surface area contributed by atoms with Crippen LogP contribution in [0.1, 0.15) is 25.7 Å². The van der Waals surface area contributed by atoms with Gasteiger partial charge in [-0.1, -0.05) is 6.42 Å². The van der Waals surface area contributed by atoms with Crippen molar-refractivity contribution in [3.8, 4) is 0 Å². The Balaban J connectivity index is 1.73. The number of hydrogen-bond acceptors (Lipinski definition) is 5. The molecule has 0 radical (unpaired) electrons. The molecule has 0 spiro atoms. The van der Waals surface area contributed by atoms with Crippen molar-refractivity contribution in [1.82, 2.24) is 9.88 Å². The van der Waals surface area contributed by atoms with Crippen molar-refractivity contribution in [2.24, 2.45) is 5.84 Å². The van der Waals surface area contributed by atoms with Crippen LogP contribution in [0.2, 0.25) is 0 Å². The van der Waals surface area contributed by atoms with Gasteiger partial charge in [0.05, 0.1) is 0 Å². The number of nitrogens with two attached hydrogens (primary N) is 1. The zero-order chi connectivity index (χ0) is 14.8. The summed E-state index contributed by atoms with van der Waals surface area (Å²) < 4.78 is 27.4. The molecular formula is C14H21F2N5. The number of hydrazine groups is 1. The molecule has 1 aromatic heterocycles. The molecule has 0 bridgehead atoms. The number of nitrogens with zero attached hydrogens (tertiary/aromatic N) is 3. The summed E-state index contributed by atoms with van der Waals surface area (Å²) >= 11 is 0. The van der Waals surface area contributed by atoms with Crippen molar-refractivity contribution < 1.29 is 8.78 Å². The number of rotatable bonds is 3. The molecule has 2 saturated heterocycles. The van der Waals surface area contributed by atoms with E-state index in [0.717, 1.165) is 38.7 Å². The predicted molar refractivity (Wildman–Crippen MR) is 78.0 cm³/mol. The van der Waals surface area contributed by atoms with Gasteiger partial charge in [-0.15, -0.1) is 0 Å². The molecule has 116 valence electrons. The molecule has 7 heteroatoms. The Kier molecular flexibility index (Phi) is 4.21. The molecule has 2 aliphatic rings. The van der Waals surface area contributed by atoms with Crippen LogP contribution in [-0.4, -0.2) is 42.1 Å². The highest BCUT2D eigenvalue weighted by atomic mass is 19.1. The van der Waals surface area contributed by atoms with Gasteiger partial charge in [-0.05, 0) is 32.4 Å². The van der Waals surface area contributed by atoms with E-state index < -0.39 is 11.6 Å². The third-order valence-corrected chi connectivity index (χ3v) is 4.42. The highest BCUT2D eigenvalue weighted by Gasteiger charge is 2.30. The number of likely N-dealkylation sites (tertiary alicyclic amines) is 1. The lowest BCUT2D eigenvalue weighted by molar-refractivity contribution is 0.174. The quantitative estimate of drug-likeness (QED) is 0.657. The fourth-order valence-electron chi connectivity index (χ4n) is 3.30. The molecule has 21 heavy (non-hydrogen) atoms. The molecule has 0 amide bonds. The molecule has 1 atom stereocenters. The lowest BCUT2D eigenvalue weighted by Gasteiger charge is -2.32. The highest BCUT2D eigenvalue weighted by Crippen LogP contribution is 2.27. The van der Waals surface area contributed by atoms with Crippen LogP contribution in [0.3, 0.4) is 0 Å². The summed E-state index contributed by atoms with van der Waals surface area (Å²) in [6.07, 6.45) is 4.76. The van der Waals surface area contributed by atoms with Gasteiger partial charge in [0.2, 0.25) is 0 Å². The van der Waals surface area contributed by atoms with Gasteiger partial charge < -0.3 is 10.3 Å². The van der Waals surface area contributed by atoms with Crippen molar-refractivity contribution in [3.05, 3.63) is 17.7 Å². The van der Waals surface area contributed by atoms with Crippen LogP contribution in [0.15, 0.2) is 6.07 Å². The molecule has 3 N–H and O–H groups in total. The predicted octanol–water partition coefficient (Wildman–Crippen LogP) is 1.71. The maximum atomic E-state index is 14.0. The molecule has 1 unspecified atom stereocenters. The average molecular weight is 297 g/mol. The van der Waals surface area contributed by atoms with Gasteiger partial charge in [-0.2, -0.15) is 0 Å². The maximum absolute atomic E-state index is 14.0. The van der Waals surface area contributed by atoms with Crippen LogP contribution in [0.4, 0.5) is 20.4 Å². The fourth-order valence-corrected chi connectivity index (χ4v) is 3.30. The second kappa shape index (κ2) is 6.11. The second-order valence-electron chi connectivity index (χ2n) is 5.75. The Hall–Kier alpha value is -1.47. The summed E-state index contributed by atoms with van der Waals surface area (Å²) in [6.45, 7) is 3.71. The first-order chi connectivity index (χ1) is 10.2. The Labute approximate surface area is 123 Å². The van der Waals surface area contributed by atoms with Crippen LogP contribution in [0.5, 0.6) is 0 Å². The third-order valence-electron chi connectivity index (χ3n) is 4.42. The van der Waals surface area contributed by atoms with Gasteiger partial charge in [0.25, 0.3) is 0 Å². The monoisotopic (exact) mass is 297 g/mol. The minimum absolute atomic E-state index is 0.118. The summed E-state index contributed by atoms with van der Waals surface area (Å²) in [4.78, 5) is 8.34. The summed E-state index contributed by atoms with van der Waals surface area (Å²) in [5.41, 5.74) is 2.17. The van der Waals surface area contributed by atoms with Crippen molar-refractivity contribution in [2.75, 3.05) is 36.5 Å². The summed E-state index contributed by atoms with van der Waals surface area (Å²) in [6, 6.07) is 1.27. The average Bonchev–Trinajstić information content (AvgIpc) is 2.98. The number of aromatic nitrogens is 1. The molecule has 0 aromatic carbocycles. The lowest BCUT2D eigenvalue weighted by Crippen LogP contribution is -2.41. The maximum Gasteiger partial charge on any atom is 0.178 e. The number of nitrogen functional groups attached to an aromatic ring is 1. The molecule has 1 aromatic rings. The smallest absolute Gasteiger partial charge is 0.178 e. The van der Waals surface area contributed by atoms with Crippen LogP contribution < -0.4 is 16.2 Å². The molecule has 5 nitrogen and oxygen atoms in total. The highest BCUT2D eigenvalue weighted by molar-refractivity contribution is 5.49. The van der Waals surface area contributed by atoms with E-state index in [0.29, 0.717) is 6.04 Å². The fraction of sp³-hybridized carbons (Fsp3) is 0.643. The number of halogens is 2. The van der Waals surface area contributed by atoms with Crippen LogP contribution >= 0.6 is 0 Å². The normalized spacial score (nSPS) is 23.6. The van der Waals surface area contributed by atoms with Crippen molar-refractivity contribution in [3.63, 3.8) is 0 Å². The van der Waals surface area contributed by atoms with E-state index in [9.17, 15) is 8.78 Å². The van der Waals surface area contributed by atoms with Crippen molar-refractivity contribution in [1.29, 1.82) is 0 Å². The van der Waals surface area contributed by atoms with Crippen molar-refractivity contribution >= 4 is 11.6 Å². The van der Waals surface area contributed by atoms with E-state index in [4.69, 9.17) is 5.84 Å². The SMILES string of the molecule is NNc1nc(N2CCC(N3CCCCC3)C2)c(F)cc1F. The van der Waals surface area contributed by atoms with Crippen LogP contribution in [0.25, 0.3) is 0 Å². The van der Waals surface area contributed by atoms with Gasteiger partial charge in [0.1, 0.15) is 0 Å². The minimum atomic E-state index is -0.773. The Morgan fingerprint density at radius 1 is 1.14 bits per heavy atom. The molecule has 3 heterocycles. The molecule has 0 aliphatic carbocycles. The zero-order valence-corrected chi connectivity index (χ0v) is 12.0. The van der Waals surface area contributed by atoms with Gasteiger partial charge in [-0.3, -0.25) is 4.90 Å². The van der Waals surface area contributed by atoms with Crippen LogP contribution in [0, 0.1) is 11.6 Å². The first kappa shape index (κ1) is 14.5.